The van der Waals surface area contributed by atoms with Crippen LogP contribution in [0.15, 0.2) is 85.1 Å². The largest absolute Gasteiger partial charge is 0.394 e. The van der Waals surface area contributed by atoms with E-state index in [4.69, 9.17) is 0 Å². The van der Waals surface area contributed by atoms with Crippen molar-refractivity contribution in [3.05, 3.63) is 85.1 Å². The summed E-state index contributed by atoms with van der Waals surface area (Å²) in [6, 6.07) is -0.649. The third-order valence-corrected chi connectivity index (χ3v) is 16.1. The SMILES string of the molecule is CC/C=C\C/C=C\C/C=C\C/C=C\CCCCCCCCCCCCCCCCCCCCCCCCCCC(=O)NC(CO)C(O)/C=C/CC/C=C/CC/C=C/CCCCCCCCCCCCCCCCCCCCCC. The van der Waals surface area contributed by atoms with Crippen LogP contribution in [0.2, 0.25) is 0 Å². The summed E-state index contributed by atoms with van der Waals surface area (Å²) >= 11 is 0. The van der Waals surface area contributed by atoms with Crippen molar-refractivity contribution in [3.63, 3.8) is 0 Å². The number of unbranched alkanes of at least 4 members (excludes halogenated alkanes) is 46. The molecule has 4 nitrogen and oxygen atoms in total. The minimum absolute atomic E-state index is 0.0727. The number of hydrogen-bond donors (Lipinski definition) is 3. The molecule has 0 fully saturated rings. The van der Waals surface area contributed by atoms with Crippen LogP contribution in [0.4, 0.5) is 0 Å². The first-order valence-corrected chi connectivity index (χ1v) is 35.3. The highest BCUT2D eigenvalue weighted by Crippen LogP contribution is 2.18. The van der Waals surface area contributed by atoms with Gasteiger partial charge in [-0.2, -0.15) is 0 Å². The molecule has 0 saturated carbocycles. The van der Waals surface area contributed by atoms with Gasteiger partial charge in [0.1, 0.15) is 0 Å². The zero-order valence-electron chi connectivity index (χ0n) is 53.1. The van der Waals surface area contributed by atoms with Crippen LogP contribution in [-0.4, -0.2) is 34.9 Å². The Morgan fingerprint density at radius 2 is 0.570 bits per heavy atom. The standard InChI is InChI=1S/C75H137NO3/c1-3-5-7-9-11-13-15-17-19-21-23-25-27-29-31-33-35-36-37-38-39-40-41-43-45-47-49-51-53-55-57-59-61-63-65-67-69-71-75(79)76-73(72-77)74(78)70-68-66-64-62-60-58-56-54-52-50-48-46-44-42-34-32-30-28-26-24-22-20-18-16-14-12-10-8-6-4-2/h5,7,11,13,17,19,23,25,52,54,60,62,68,70,73-74,77-78H,3-4,6,8-10,12,14-16,18,20-22,24,26-51,53,55-59,61,63-67,69,71-72H2,1-2H3,(H,76,79)/b7-5-,13-11-,19-17-,25-23-,54-52+,62-60+,70-68+. The van der Waals surface area contributed by atoms with Crippen molar-refractivity contribution in [3.8, 4) is 0 Å². The lowest BCUT2D eigenvalue weighted by molar-refractivity contribution is -0.123. The van der Waals surface area contributed by atoms with Crippen molar-refractivity contribution in [2.24, 2.45) is 0 Å². The predicted molar refractivity (Wildman–Crippen MR) is 354 cm³/mol. The lowest BCUT2D eigenvalue weighted by Crippen LogP contribution is -2.45. The second-order valence-corrected chi connectivity index (χ2v) is 23.9. The number of aliphatic hydroxyl groups is 2. The van der Waals surface area contributed by atoms with Gasteiger partial charge in [-0.05, 0) is 83.5 Å². The summed E-state index contributed by atoms with van der Waals surface area (Å²) < 4.78 is 0. The number of nitrogens with one attached hydrogen (secondary N) is 1. The first-order valence-electron chi connectivity index (χ1n) is 35.3. The van der Waals surface area contributed by atoms with E-state index < -0.39 is 12.1 Å². The van der Waals surface area contributed by atoms with Gasteiger partial charge in [0.05, 0.1) is 18.8 Å². The maximum absolute atomic E-state index is 12.5. The molecule has 0 heterocycles. The number of rotatable bonds is 65. The molecule has 0 saturated heterocycles. The van der Waals surface area contributed by atoms with E-state index in [-0.39, 0.29) is 12.5 Å². The summed E-state index contributed by atoms with van der Waals surface area (Å²) in [5, 5.41) is 23.3. The molecule has 0 bridgehead atoms. The Hall–Kier alpha value is -2.43. The van der Waals surface area contributed by atoms with Gasteiger partial charge in [0, 0.05) is 6.42 Å². The van der Waals surface area contributed by atoms with Crippen LogP contribution < -0.4 is 5.32 Å². The molecule has 0 aliphatic rings. The molecule has 0 spiro atoms. The minimum Gasteiger partial charge on any atom is -0.394 e. The van der Waals surface area contributed by atoms with Crippen LogP contribution >= 0.6 is 0 Å². The summed E-state index contributed by atoms with van der Waals surface area (Å²) in [4.78, 5) is 12.5. The van der Waals surface area contributed by atoms with Crippen LogP contribution in [0.5, 0.6) is 0 Å². The molecule has 1 amide bonds. The van der Waals surface area contributed by atoms with Crippen LogP contribution in [0.1, 0.15) is 367 Å². The molecule has 460 valence electrons. The molecule has 0 aromatic carbocycles. The lowest BCUT2D eigenvalue weighted by Gasteiger charge is -2.19. The maximum atomic E-state index is 12.5. The van der Waals surface area contributed by atoms with E-state index in [2.05, 4.69) is 92.1 Å². The summed E-state index contributed by atoms with van der Waals surface area (Å²) in [6.07, 6.45) is 103. The predicted octanol–water partition coefficient (Wildman–Crippen LogP) is 24.2. The van der Waals surface area contributed by atoms with Crippen LogP contribution in [0.25, 0.3) is 0 Å². The van der Waals surface area contributed by atoms with Gasteiger partial charge in [0.25, 0.3) is 0 Å². The normalized spacial score (nSPS) is 13.2. The second-order valence-electron chi connectivity index (χ2n) is 23.9. The molecule has 0 aliphatic carbocycles. The summed E-state index contributed by atoms with van der Waals surface area (Å²) in [6.45, 7) is 4.22. The van der Waals surface area contributed by atoms with E-state index in [0.717, 1.165) is 64.2 Å². The van der Waals surface area contributed by atoms with E-state index in [0.29, 0.717) is 6.42 Å². The molecule has 0 aliphatic heterocycles. The van der Waals surface area contributed by atoms with Crippen LogP contribution in [0, 0.1) is 0 Å². The lowest BCUT2D eigenvalue weighted by atomic mass is 10.0. The van der Waals surface area contributed by atoms with Crippen LogP contribution in [0.3, 0.4) is 0 Å². The van der Waals surface area contributed by atoms with Crippen molar-refractivity contribution in [2.75, 3.05) is 6.61 Å². The zero-order chi connectivity index (χ0) is 56.9. The summed E-state index contributed by atoms with van der Waals surface area (Å²) in [5.41, 5.74) is 0. The fourth-order valence-corrected chi connectivity index (χ4v) is 10.8. The smallest absolute Gasteiger partial charge is 0.220 e. The van der Waals surface area contributed by atoms with Crippen molar-refractivity contribution < 1.29 is 15.0 Å². The van der Waals surface area contributed by atoms with Crippen LogP contribution in [-0.2, 0) is 4.79 Å². The Morgan fingerprint density at radius 1 is 0.316 bits per heavy atom. The van der Waals surface area contributed by atoms with Gasteiger partial charge in [0.2, 0.25) is 5.91 Å². The van der Waals surface area contributed by atoms with E-state index in [1.54, 1.807) is 6.08 Å². The van der Waals surface area contributed by atoms with Gasteiger partial charge < -0.3 is 15.5 Å². The number of amides is 1. The summed E-state index contributed by atoms with van der Waals surface area (Å²) in [5.74, 6) is -0.0727. The van der Waals surface area contributed by atoms with Gasteiger partial charge in [-0.1, -0.05) is 362 Å². The van der Waals surface area contributed by atoms with Crippen molar-refractivity contribution in [2.45, 2.75) is 379 Å². The quantitative estimate of drug-likeness (QED) is 0.0420. The Morgan fingerprint density at radius 3 is 0.886 bits per heavy atom. The molecule has 2 unspecified atom stereocenters. The Labute approximate surface area is 494 Å². The average Bonchev–Trinajstić information content (AvgIpc) is 3.45. The van der Waals surface area contributed by atoms with E-state index in [1.165, 1.54) is 283 Å². The molecular weight excluding hydrogens is 963 g/mol. The van der Waals surface area contributed by atoms with E-state index >= 15 is 0 Å². The number of aliphatic hydroxyl groups excluding tert-OH is 2. The Kier molecular flexibility index (Phi) is 67.7. The highest BCUT2D eigenvalue weighted by molar-refractivity contribution is 5.76. The van der Waals surface area contributed by atoms with Crippen molar-refractivity contribution in [1.29, 1.82) is 0 Å². The number of carbonyl (C=O) groups is 1. The topological polar surface area (TPSA) is 69.6 Å². The number of hydrogen-bond acceptors (Lipinski definition) is 3. The van der Waals surface area contributed by atoms with Gasteiger partial charge in [-0.25, -0.2) is 0 Å². The van der Waals surface area contributed by atoms with Crippen molar-refractivity contribution >= 4 is 5.91 Å². The molecule has 4 heteroatoms. The molecule has 0 radical (unpaired) electrons. The maximum Gasteiger partial charge on any atom is 0.220 e. The first-order chi connectivity index (χ1) is 39.2. The average molecular weight is 1100 g/mol. The monoisotopic (exact) mass is 1100 g/mol. The zero-order valence-corrected chi connectivity index (χ0v) is 53.1. The Bertz CT molecular complexity index is 1390. The first kappa shape index (κ1) is 76.6. The highest BCUT2D eigenvalue weighted by atomic mass is 16.3. The molecule has 0 rings (SSSR count). The second kappa shape index (κ2) is 69.8. The fraction of sp³-hybridized carbons (Fsp3) is 0.800. The third-order valence-electron chi connectivity index (χ3n) is 16.1. The van der Waals surface area contributed by atoms with Gasteiger partial charge >= 0.3 is 0 Å². The van der Waals surface area contributed by atoms with Gasteiger partial charge in [-0.15, -0.1) is 0 Å². The number of allylic oxidation sites excluding steroid dienone is 13. The third kappa shape index (κ3) is 66.3. The fourth-order valence-electron chi connectivity index (χ4n) is 10.8. The van der Waals surface area contributed by atoms with Gasteiger partial charge in [-0.3, -0.25) is 4.79 Å². The number of carbonyl (C=O) groups excluding carboxylic acids is 1. The molecule has 3 N–H and O–H groups in total. The minimum atomic E-state index is -0.874. The van der Waals surface area contributed by atoms with Crippen molar-refractivity contribution in [1.82, 2.24) is 5.32 Å². The summed E-state index contributed by atoms with van der Waals surface area (Å²) in [7, 11) is 0. The van der Waals surface area contributed by atoms with Gasteiger partial charge in [0.15, 0.2) is 0 Å². The molecule has 79 heavy (non-hydrogen) atoms. The molecule has 2 atom stereocenters. The highest BCUT2D eigenvalue weighted by Gasteiger charge is 2.18. The Balaban J connectivity index is 3.47. The van der Waals surface area contributed by atoms with E-state index in [9.17, 15) is 15.0 Å². The van der Waals surface area contributed by atoms with E-state index in [1.807, 2.05) is 6.08 Å². The molecular formula is C75H137NO3. The molecule has 0 aromatic rings. The molecule has 0 aromatic heterocycles.